The van der Waals surface area contributed by atoms with Crippen molar-refractivity contribution in [1.29, 1.82) is 0 Å². The van der Waals surface area contributed by atoms with E-state index >= 15 is 0 Å². The summed E-state index contributed by atoms with van der Waals surface area (Å²) in [7, 11) is 0. The Morgan fingerprint density at radius 2 is 2.00 bits per heavy atom. The molecule has 70 valence electrons. The highest BCUT2D eigenvalue weighted by Crippen LogP contribution is 1.97. The Kier molecular flexibility index (Phi) is 4.70. The van der Waals surface area contributed by atoms with Gasteiger partial charge in [-0.1, -0.05) is 18.8 Å². The third-order valence-electron chi connectivity index (χ3n) is 1.19. The predicted molar refractivity (Wildman–Crippen MR) is 53.7 cm³/mol. The van der Waals surface area contributed by atoms with Gasteiger partial charge in [0.2, 0.25) is 5.91 Å². The van der Waals surface area contributed by atoms with Gasteiger partial charge in [-0.05, 0) is 25.7 Å². The minimum atomic E-state index is -0.492. The smallest absolute Gasteiger partial charge is 0.218 e. The van der Waals surface area contributed by atoms with E-state index in [1.54, 1.807) is 0 Å². The van der Waals surface area contributed by atoms with Crippen LogP contribution >= 0.6 is 0 Å². The summed E-state index contributed by atoms with van der Waals surface area (Å²) in [6, 6.07) is 0. The molecule has 0 aromatic rings. The van der Waals surface area contributed by atoms with Gasteiger partial charge in [0.1, 0.15) is 0 Å². The number of amides is 1. The molecule has 2 nitrogen and oxygen atoms in total. The van der Waals surface area contributed by atoms with Crippen LogP contribution in [0.1, 0.15) is 34.1 Å². The topological polar surface area (TPSA) is 29.1 Å². The highest BCUT2D eigenvalue weighted by molar-refractivity contribution is 5.74. The molecule has 0 aromatic carbocycles. The Bertz CT molecular complexity index is 294. The number of hydrogen-bond donors (Lipinski definition) is 1. The lowest BCUT2D eigenvalue weighted by Crippen LogP contribution is -2.40. The van der Waals surface area contributed by atoms with Crippen LogP contribution < -0.4 is 5.32 Å². The van der Waals surface area contributed by atoms with E-state index in [0.29, 0.717) is 0 Å². The molecule has 0 aromatic heterocycles. The molecule has 0 atom stereocenters. The molecule has 0 spiro atoms. The maximum absolute atomic E-state index is 10.7. The van der Waals surface area contributed by atoms with E-state index in [4.69, 9.17) is 0 Å². The quantitative estimate of drug-likeness (QED) is 0.601. The number of rotatable bonds is 1. The lowest BCUT2D eigenvalue weighted by molar-refractivity contribution is -0.119. The molecule has 2 heteroatoms. The molecule has 0 aliphatic carbocycles. The average molecular weight is 177 g/mol. The lowest BCUT2D eigenvalue weighted by Gasteiger charge is -2.17. The Hall–Kier alpha value is -1.41. The molecule has 0 bridgehead atoms. The van der Waals surface area contributed by atoms with Crippen LogP contribution in [0.15, 0.2) is 0 Å². The zero-order valence-corrected chi connectivity index (χ0v) is 8.62. The normalized spacial score (nSPS) is 8.92. The molecule has 0 fully saturated rings. The Morgan fingerprint density at radius 3 is 2.46 bits per heavy atom. The fourth-order valence-electron chi connectivity index (χ4n) is 0.791. The van der Waals surface area contributed by atoms with Crippen molar-refractivity contribution < 1.29 is 4.79 Å². The van der Waals surface area contributed by atoms with Crippen LogP contribution in [0.5, 0.6) is 0 Å². The second-order valence-corrected chi connectivity index (χ2v) is 3.21. The van der Waals surface area contributed by atoms with Crippen LogP contribution in [-0.2, 0) is 4.79 Å². The zero-order chi connectivity index (χ0) is 10.3. The summed E-state index contributed by atoms with van der Waals surface area (Å²) in [5, 5.41) is 2.72. The van der Waals surface area contributed by atoms with Crippen LogP contribution in [0, 0.1) is 23.7 Å². The van der Waals surface area contributed by atoms with E-state index in [1.165, 1.54) is 6.92 Å². The second kappa shape index (κ2) is 5.27. The number of hydrogen-bond acceptors (Lipinski definition) is 1. The maximum atomic E-state index is 10.7. The van der Waals surface area contributed by atoms with E-state index in [2.05, 4.69) is 29.0 Å². The van der Waals surface area contributed by atoms with Crippen molar-refractivity contribution in [3.8, 4) is 23.7 Å². The standard InChI is InChI=1S/C11H15NO/c1-5-6-7-8-9-11(3,4)12-10(2)13/h5H2,1-4H3,(H,12,13). The highest BCUT2D eigenvalue weighted by Gasteiger charge is 2.13. The summed E-state index contributed by atoms with van der Waals surface area (Å²) in [6.07, 6.45) is 0.801. The fourth-order valence-corrected chi connectivity index (χ4v) is 0.791. The number of nitrogens with one attached hydrogen (secondary N) is 1. The van der Waals surface area contributed by atoms with Gasteiger partial charge in [-0.3, -0.25) is 4.79 Å². The SMILES string of the molecule is CCC#CC#CC(C)(C)NC(C)=O. The second-order valence-electron chi connectivity index (χ2n) is 3.21. The Balaban J connectivity index is 4.28. The first-order chi connectivity index (χ1) is 5.98. The molecule has 0 radical (unpaired) electrons. The van der Waals surface area contributed by atoms with Crippen LogP contribution in [-0.4, -0.2) is 11.4 Å². The first-order valence-corrected chi connectivity index (χ1v) is 4.26. The summed E-state index contributed by atoms with van der Waals surface area (Å²) < 4.78 is 0. The van der Waals surface area contributed by atoms with Crippen LogP contribution in [0.25, 0.3) is 0 Å². The lowest BCUT2D eigenvalue weighted by atomic mass is 10.1. The van der Waals surface area contributed by atoms with Gasteiger partial charge in [0.15, 0.2) is 0 Å². The van der Waals surface area contributed by atoms with Gasteiger partial charge in [-0.15, -0.1) is 0 Å². The number of carbonyl (C=O) groups is 1. The maximum Gasteiger partial charge on any atom is 0.218 e. The molecule has 1 N–H and O–H groups in total. The van der Waals surface area contributed by atoms with Gasteiger partial charge in [-0.25, -0.2) is 0 Å². The molecule has 0 aliphatic rings. The third kappa shape index (κ3) is 6.97. The van der Waals surface area contributed by atoms with Crippen molar-refractivity contribution in [1.82, 2.24) is 5.32 Å². The molecule has 0 heterocycles. The van der Waals surface area contributed by atoms with E-state index in [1.807, 2.05) is 20.8 Å². The number of carbonyl (C=O) groups excluding carboxylic acids is 1. The van der Waals surface area contributed by atoms with Crippen molar-refractivity contribution in [2.24, 2.45) is 0 Å². The molecule has 0 unspecified atom stereocenters. The molecule has 0 aliphatic heterocycles. The molecular weight excluding hydrogens is 162 g/mol. The molecule has 13 heavy (non-hydrogen) atoms. The van der Waals surface area contributed by atoms with Crippen molar-refractivity contribution in [3.63, 3.8) is 0 Å². The summed E-state index contributed by atoms with van der Waals surface area (Å²) in [5.41, 5.74) is -0.492. The first-order valence-electron chi connectivity index (χ1n) is 4.26. The van der Waals surface area contributed by atoms with Crippen LogP contribution in [0.3, 0.4) is 0 Å². The highest BCUT2D eigenvalue weighted by atomic mass is 16.1. The van der Waals surface area contributed by atoms with Gasteiger partial charge < -0.3 is 5.32 Å². The molecule has 0 saturated heterocycles. The summed E-state index contributed by atoms with van der Waals surface area (Å²) >= 11 is 0. The van der Waals surface area contributed by atoms with E-state index in [9.17, 15) is 4.79 Å². The van der Waals surface area contributed by atoms with Crippen molar-refractivity contribution in [2.45, 2.75) is 39.7 Å². The summed E-state index contributed by atoms with van der Waals surface area (Å²) in [4.78, 5) is 10.7. The predicted octanol–water partition coefficient (Wildman–Crippen LogP) is 1.32. The van der Waals surface area contributed by atoms with Crippen LogP contribution in [0.2, 0.25) is 0 Å². The van der Waals surface area contributed by atoms with Gasteiger partial charge in [-0.2, -0.15) is 0 Å². The van der Waals surface area contributed by atoms with Gasteiger partial charge in [0.25, 0.3) is 0 Å². The average Bonchev–Trinajstić information content (AvgIpc) is 1.95. The minimum Gasteiger partial charge on any atom is -0.341 e. The van der Waals surface area contributed by atoms with E-state index in [0.717, 1.165) is 6.42 Å². The zero-order valence-electron chi connectivity index (χ0n) is 8.62. The first kappa shape index (κ1) is 11.6. The van der Waals surface area contributed by atoms with Crippen molar-refractivity contribution >= 4 is 5.91 Å². The van der Waals surface area contributed by atoms with Crippen molar-refractivity contribution in [2.75, 3.05) is 0 Å². The van der Waals surface area contributed by atoms with E-state index < -0.39 is 5.54 Å². The van der Waals surface area contributed by atoms with E-state index in [-0.39, 0.29) is 5.91 Å². The Morgan fingerprint density at radius 1 is 1.38 bits per heavy atom. The molecule has 0 saturated carbocycles. The van der Waals surface area contributed by atoms with Crippen LogP contribution in [0.4, 0.5) is 0 Å². The molecule has 0 rings (SSSR count). The van der Waals surface area contributed by atoms with Gasteiger partial charge in [0.05, 0.1) is 5.54 Å². The third-order valence-corrected chi connectivity index (χ3v) is 1.19. The largest absolute Gasteiger partial charge is 0.341 e. The van der Waals surface area contributed by atoms with Gasteiger partial charge in [0, 0.05) is 13.3 Å². The van der Waals surface area contributed by atoms with Crippen molar-refractivity contribution in [3.05, 3.63) is 0 Å². The Labute approximate surface area is 80.1 Å². The van der Waals surface area contributed by atoms with Gasteiger partial charge >= 0.3 is 0 Å². The fraction of sp³-hybridized carbons (Fsp3) is 0.545. The molecule has 1 amide bonds. The minimum absolute atomic E-state index is 0.0808. The monoisotopic (exact) mass is 177 g/mol. The summed E-state index contributed by atoms with van der Waals surface area (Å²) in [5.74, 6) is 11.0. The molecular formula is C11H15NO. The summed E-state index contributed by atoms with van der Waals surface area (Å²) in [6.45, 7) is 7.12.